The average molecular weight is 451 g/mol. The van der Waals surface area contributed by atoms with Gasteiger partial charge in [-0.25, -0.2) is 0 Å². The van der Waals surface area contributed by atoms with E-state index in [1.807, 2.05) is 64.4 Å². The van der Waals surface area contributed by atoms with E-state index in [-0.39, 0.29) is 22.4 Å². The molecule has 2 aromatic carbocycles. The molecule has 0 aliphatic carbocycles. The lowest BCUT2D eigenvalue weighted by atomic mass is 9.95. The normalized spacial score (nSPS) is 18.1. The third-order valence-corrected chi connectivity index (χ3v) is 6.42. The van der Waals surface area contributed by atoms with Gasteiger partial charge in [0, 0.05) is 26.2 Å². The lowest BCUT2D eigenvalue weighted by Gasteiger charge is -2.38. The number of para-hydroxylation sites is 2. The van der Waals surface area contributed by atoms with Crippen molar-refractivity contribution in [2.24, 2.45) is 5.92 Å². The Balaban J connectivity index is 1.26. The zero-order chi connectivity index (χ0) is 22.1. The number of nitrogens with zero attached hydrogens (tertiary/aromatic N) is 4. The third kappa shape index (κ3) is 3.84. The maximum absolute atomic E-state index is 13.1. The molecule has 0 saturated carbocycles. The number of rotatable bonds is 3. The summed E-state index contributed by atoms with van der Waals surface area (Å²) in [5, 5.41) is 4.45. The van der Waals surface area contributed by atoms with E-state index in [9.17, 15) is 9.59 Å². The molecule has 2 aliphatic rings. The molecule has 1 aromatic heterocycles. The number of hydrogen-bond donors (Lipinski definition) is 0. The van der Waals surface area contributed by atoms with Crippen LogP contribution in [0.1, 0.15) is 5.56 Å². The molecule has 5 rings (SSSR count). The number of hydrogen-bond acceptors (Lipinski definition) is 5. The maximum atomic E-state index is 13.1. The summed E-state index contributed by atoms with van der Waals surface area (Å²) in [5.74, 6) is 0.813. The lowest BCUT2D eigenvalue weighted by Crippen LogP contribution is -2.52. The van der Waals surface area contributed by atoms with Crippen molar-refractivity contribution in [2.45, 2.75) is 6.42 Å². The van der Waals surface area contributed by atoms with Gasteiger partial charge < -0.3 is 14.5 Å². The topological polar surface area (TPSA) is 67.7 Å². The fourth-order valence-corrected chi connectivity index (χ4v) is 4.56. The zero-order valence-electron chi connectivity index (χ0n) is 17.5. The molecule has 32 heavy (non-hydrogen) atoms. The van der Waals surface area contributed by atoms with Crippen LogP contribution in [0.25, 0.3) is 5.69 Å². The fraction of sp³-hybridized carbons (Fsp3) is 0.292. The van der Waals surface area contributed by atoms with E-state index >= 15 is 0 Å². The van der Waals surface area contributed by atoms with Crippen LogP contribution in [0.2, 0.25) is 5.02 Å². The number of carbonyl (C=O) groups is 1. The first kappa shape index (κ1) is 20.6. The number of fused-ring (bicyclic) bond motifs is 1. The number of amides is 1. The first-order valence-electron chi connectivity index (χ1n) is 10.7. The Morgan fingerprint density at radius 3 is 2.50 bits per heavy atom. The predicted molar refractivity (Wildman–Crippen MR) is 123 cm³/mol. The van der Waals surface area contributed by atoms with Crippen LogP contribution in [0, 0.1) is 5.92 Å². The van der Waals surface area contributed by atoms with Crippen molar-refractivity contribution >= 4 is 23.2 Å². The zero-order valence-corrected chi connectivity index (χ0v) is 18.2. The van der Waals surface area contributed by atoms with Crippen molar-refractivity contribution in [3.05, 3.63) is 81.7 Å². The largest absolute Gasteiger partial charge is 0.492 e. The van der Waals surface area contributed by atoms with E-state index < -0.39 is 0 Å². The van der Waals surface area contributed by atoms with Gasteiger partial charge in [0.05, 0.1) is 23.5 Å². The molecule has 1 fully saturated rings. The van der Waals surface area contributed by atoms with Crippen molar-refractivity contribution in [1.82, 2.24) is 14.7 Å². The Labute approximate surface area is 190 Å². The third-order valence-electron chi connectivity index (χ3n) is 6.06. The summed E-state index contributed by atoms with van der Waals surface area (Å²) in [5.41, 5.74) is 1.99. The molecule has 3 heterocycles. The highest BCUT2D eigenvalue weighted by Gasteiger charge is 2.32. The van der Waals surface area contributed by atoms with E-state index in [1.54, 1.807) is 6.20 Å². The Hall–Kier alpha value is -3.32. The monoisotopic (exact) mass is 450 g/mol. The minimum atomic E-state index is -0.355. The number of anilines is 1. The molecule has 0 spiro atoms. The van der Waals surface area contributed by atoms with Crippen LogP contribution in [-0.4, -0.2) is 53.4 Å². The van der Waals surface area contributed by atoms with E-state index in [2.05, 4.69) is 5.10 Å². The van der Waals surface area contributed by atoms with Crippen molar-refractivity contribution in [3.63, 3.8) is 0 Å². The minimum absolute atomic E-state index is 0.114. The Morgan fingerprint density at radius 2 is 1.72 bits per heavy atom. The second kappa shape index (κ2) is 8.67. The summed E-state index contributed by atoms with van der Waals surface area (Å²) < 4.78 is 7.09. The first-order chi connectivity index (χ1) is 15.6. The highest BCUT2D eigenvalue weighted by atomic mass is 35.5. The van der Waals surface area contributed by atoms with Crippen LogP contribution < -0.4 is 15.2 Å². The second-order valence-electron chi connectivity index (χ2n) is 8.03. The quantitative estimate of drug-likeness (QED) is 0.613. The second-order valence-corrected chi connectivity index (χ2v) is 8.41. The number of piperazine rings is 1. The molecule has 164 valence electrons. The highest BCUT2D eigenvalue weighted by molar-refractivity contribution is 6.33. The van der Waals surface area contributed by atoms with Crippen molar-refractivity contribution in [1.29, 1.82) is 0 Å². The molecule has 3 aromatic rings. The molecule has 0 unspecified atom stereocenters. The van der Waals surface area contributed by atoms with Gasteiger partial charge in [0.2, 0.25) is 5.91 Å². The summed E-state index contributed by atoms with van der Waals surface area (Å²) in [6.07, 6.45) is 2.32. The van der Waals surface area contributed by atoms with E-state index in [0.29, 0.717) is 50.6 Å². The van der Waals surface area contributed by atoms with Gasteiger partial charge in [0.1, 0.15) is 17.4 Å². The SMILES string of the molecule is O=C([C@H]1COc2ccccc2C1)N1CCN(c2cnn(-c3ccccc3)c(=O)c2Cl)CC1. The number of carbonyl (C=O) groups excluding carboxylic acids is 1. The van der Waals surface area contributed by atoms with Gasteiger partial charge in [0.15, 0.2) is 0 Å². The van der Waals surface area contributed by atoms with E-state index in [0.717, 1.165) is 11.3 Å². The molecular formula is C24H23ClN4O3. The number of aromatic nitrogens is 2. The Morgan fingerprint density at radius 1 is 1.00 bits per heavy atom. The molecule has 2 aliphatic heterocycles. The van der Waals surface area contributed by atoms with Crippen molar-refractivity contribution < 1.29 is 9.53 Å². The minimum Gasteiger partial charge on any atom is -0.492 e. The lowest BCUT2D eigenvalue weighted by molar-refractivity contribution is -0.137. The van der Waals surface area contributed by atoms with Crippen LogP contribution >= 0.6 is 11.6 Å². The average Bonchev–Trinajstić information content (AvgIpc) is 2.85. The highest BCUT2D eigenvalue weighted by Crippen LogP contribution is 2.28. The standard InChI is InChI=1S/C24H23ClN4O3/c25-22-20(15-26-29(24(22)31)19-7-2-1-3-8-19)27-10-12-28(13-11-27)23(30)18-14-17-6-4-5-9-21(17)32-16-18/h1-9,15,18H,10-14,16H2/t18-/m1/s1. The number of benzene rings is 2. The van der Waals surface area contributed by atoms with E-state index in [1.165, 1.54) is 4.68 Å². The van der Waals surface area contributed by atoms with Gasteiger partial charge in [-0.15, -0.1) is 0 Å². The summed E-state index contributed by atoms with van der Waals surface area (Å²) in [7, 11) is 0. The summed E-state index contributed by atoms with van der Waals surface area (Å²) in [6, 6.07) is 17.1. The maximum Gasteiger partial charge on any atom is 0.292 e. The molecule has 7 nitrogen and oxygen atoms in total. The molecule has 0 bridgehead atoms. The molecule has 8 heteroatoms. The van der Waals surface area contributed by atoms with Crippen LogP contribution in [-0.2, 0) is 11.2 Å². The van der Waals surface area contributed by atoms with Gasteiger partial charge >= 0.3 is 0 Å². The molecule has 0 N–H and O–H groups in total. The number of halogens is 1. The van der Waals surface area contributed by atoms with Crippen molar-refractivity contribution in [2.75, 3.05) is 37.7 Å². The van der Waals surface area contributed by atoms with E-state index in [4.69, 9.17) is 16.3 Å². The van der Waals surface area contributed by atoms with Gasteiger partial charge in [-0.05, 0) is 30.2 Å². The predicted octanol–water partition coefficient (Wildman–Crippen LogP) is 2.79. The first-order valence-corrected chi connectivity index (χ1v) is 11.1. The fourth-order valence-electron chi connectivity index (χ4n) is 4.31. The van der Waals surface area contributed by atoms with Crippen LogP contribution in [0.15, 0.2) is 65.6 Å². The van der Waals surface area contributed by atoms with Crippen molar-refractivity contribution in [3.8, 4) is 11.4 Å². The van der Waals surface area contributed by atoms with Gasteiger partial charge in [-0.1, -0.05) is 48.0 Å². The molecule has 1 amide bonds. The molecular weight excluding hydrogens is 428 g/mol. The van der Waals surface area contributed by atoms with Gasteiger partial charge in [-0.2, -0.15) is 9.78 Å². The summed E-state index contributed by atoms with van der Waals surface area (Å²) in [6.45, 7) is 2.71. The number of ether oxygens (including phenoxy) is 1. The summed E-state index contributed by atoms with van der Waals surface area (Å²) >= 11 is 6.44. The molecule has 0 radical (unpaired) electrons. The smallest absolute Gasteiger partial charge is 0.292 e. The summed E-state index contributed by atoms with van der Waals surface area (Å²) in [4.78, 5) is 29.7. The van der Waals surface area contributed by atoms with Gasteiger partial charge in [0.25, 0.3) is 5.56 Å². The molecule has 1 saturated heterocycles. The van der Waals surface area contributed by atoms with Crippen LogP contribution in [0.5, 0.6) is 5.75 Å². The van der Waals surface area contributed by atoms with Gasteiger partial charge in [-0.3, -0.25) is 9.59 Å². The Kier molecular flexibility index (Phi) is 5.57. The Bertz CT molecular complexity index is 1190. The molecule has 1 atom stereocenters. The van der Waals surface area contributed by atoms with Crippen LogP contribution in [0.4, 0.5) is 5.69 Å². The van der Waals surface area contributed by atoms with Crippen LogP contribution in [0.3, 0.4) is 0 Å².